The Bertz CT molecular complexity index is 421. The summed E-state index contributed by atoms with van der Waals surface area (Å²) in [5.41, 5.74) is 6.96. The van der Waals surface area contributed by atoms with Crippen LogP contribution in [-0.4, -0.2) is 41.1 Å². The minimum absolute atomic E-state index is 0.0468. The summed E-state index contributed by atoms with van der Waals surface area (Å²) >= 11 is 4.83. The van der Waals surface area contributed by atoms with Gasteiger partial charge in [0.15, 0.2) is 0 Å². The molecule has 0 aromatic heterocycles. The molecule has 92 valence electrons. The van der Waals surface area contributed by atoms with E-state index < -0.39 is 0 Å². The summed E-state index contributed by atoms with van der Waals surface area (Å²) < 4.78 is 0. The molecule has 0 heterocycles. The second-order valence-electron chi connectivity index (χ2n) is 3.79. The number of aliphatic hydroxyl groups excluding tert-OH is 1. The summed E-state index contributed by atoms with van der Waals surface area (Å²) in [7, 11) is 1.65. The average molecular weight is 252 g/mol. The van der Waals surface area contributed by atoms with Crippen molar-refractivity contribution in [3.8, 4) is 0 Å². The number of hydrogen-bond donors (Lipinski definition) is 2. The van der Waals surface area contributed by atoms with Crippen LogP contribution in [0.4, 0.5) is 0 Å². The van der Waals surface area contributed by atoms with Crippen molar-refractivity contribution in [3.63, 3.8) is 0 Å². The summed E-state index contributed by atoms with van der Waals surface area (Å²) in [6.07, 6.45) is 0.486. The Balaban J connectivity index is 2.83. The molecule has 3 N–H and O–H groups in total. The molecule has 0 saturated carbocycles. The van der Waals surface area contributed by atoms with Crippen LogP contribution >= 0.6 is 12.2 Å². The lowest BCUT2D eigenvalue weighted by Crippen LogP contribution is -2.29. The Morgan fingerprint density at radius 3 is 2.82 bits per heavy atom. The highest BCUT2D eigenvalue weighted by atomic mass is 32.1. The van der Waals surface area contributed by atoms with Gasteiger partial charge in [0.25, 0.3) is 5.91 Å². The highest BCUT2D eigenvalue weighted by Gasteiger charge is 2.11. The summed E-state index contributed by atoms with van der Waals surface area (Å²) in [4.78, 5) is 13.8. The lowest BCUT2D eigenvalue weighted by Gasteiger charge is -2.16. The molecule has 0 radical (unpaired) electrons. The number of benzene rings is 1. The predicted octanol–water partition coefficient (Wildman–Crippen LogP) is 0.580. The number of likely N-dealkylation sites (N-methyl/N-ethyl adjacent to an activating group) is 1. The second-order valence-corrected chi connectivity index (χ2v) is 4.32. The van der Waals surface area contributed by atoms with E-state index in [9.17, 15) is 4.79 Å². The molecule has 0 unspecified atom stereocenters. The fourth-order valence-electron chi connectivity index (χ4n) is 1.49. The first kappa shape index (κ1) is 13.6. The molecule has 5 heteroatoms. The lowest BCUT2D eigenvalue weighted by atomic mass is 10.1. The van der Waals surface area contributed by atoms with Crippen LogP contribution < -0.4 is 5.73 Å². The van der Waals surface area contributed by atoms with E-state index in [1.807, 2.05) is 6.07 Å². The van der Waals surface area contributed by atoms with Crippen LogP contribution in [-0.2, 0) is 6.42 Å². The molecule has 0 fully saturated rings. The molecule has 1 amide bonds. The average Bonchev–Trinajstić information content (AvgIpc) is 2.28. The molecular weight excluding hydrogens is 236 g/mol. The van der Waals surface area contributed by atoms with E-state index in [4.69, 9.17) is 23.1 Å². The molecule has 0 spiro atoms. The SMILES string of the molecule is CN(CCO)C(=O)c1cccc(CC(N)=S)c1. The zero-order chi connectivity index (χ0) is 12.8. The molecule has 0 bridgehead atoms. The van der Waals surface area contributed by atoms with Crippen molar-refractivity contribution in [2.24, 2.45) is 5.73 Å². The van der Waals surface area contributed by atoms with Gasteiger partial charge in [-0.25, -0.2) is 0 Å². The molecule has 1 rings (SSSR count). The van der Waals surface area contributed by atoms with Crippen LogP contribution in [0.5, 0.6) is 0 Å². The van der Waals surface area contributed by atoms with Gasteiger partial charge in [-0.05, 0) is 17.7 Å². The summed E-state index contributed by atoms with van der Waals surface area (Å²) in [6, 6.07) is 7.18. The van der Waals surface area contributed by atoms with Gasteiger partial charge in [0.1, 0.15) is 0 Å². The molecule has 4 nitrogen and oxygen atoms in total. The van der Waals surface area contributed by atoms with Crippen LogP contribution in [0.15, 0.2) is 24.3 Å². The molecule has 1 aromatic carbocycles. The van der Waals surface area contributed by atoms with E-state index in [2.05, 4.69) is 0 Å². The minimum Gasteiger partial charge on any atom is -0.395 e. The van der Waals surface area contributed by atoms with Crippen molar-refractivity contribution in [2.75, 3.05) is 20.2 Å². The van der Waals surface area contributed by atoms with E-state index in [-0.39, 0.29) is 12.5 Å². The fraction of sp³-hybridized carbons (Fsp3) is 0.333. The van der Waals surface area contributed by atoms with E-state index >= 15 is 0 Å². The number of nitrogens with zero attached hydrogens (tertiary/aromatic N) is 1. The number of rotatable bonds is 5. The maximum Gasteiger partial charge on any atom is 0.253 e. The third-order valence-electron chi connectivity index (χ3n) is 2.33. The summed E-state index contributed by atoms with van der Waals surface area (Å²) in [5, 5.41) is 8.78. The first-order chi connectivity index (χ1) is 8.04. The van der Waals surface area contributed by atoms with Gasteiger partial charge >= 0.3 is 0 Å². The van der Waals surface area contributed by atoms with E-state index in [1.165, 1.54) is 4.90 Å². The fourth-order valence-corrected chi connectivity index (χ4v) is 1.65. The molecule has 0 atom stereocenters. The number of thiocarbonyl (C=S) groups is 1. The van der Waals surface area contributed by atoms with Gasteiger partial charge in [0.05, 0.1) is 11.6 Å². The number of nitrogens with two attached hydrogens (primary N) is 1. The number of amides is 1. The van der Waals surface area contributed by atoms with E-state index in [0.29, 0.717) is 23.5 Å². The number of aliphatic hydroxyl groups is 1. The number of carbonyl (C=O) groups is 1. The van der Waals surface area contributed by atoms with Crippen molar-refractivity contribution < 1.29 is 9.90 Å². The van der Waals surface area contributed by atoms with Crippen molar-refractivity contribution >= 4 is 23.1 Å². The topological polar surface area (TPSA) is 66.6 Å². The molecule has 0 aliphatic carbocycles. The second kappa shape index (κ2) is 6.32. The van der Waals surface area contributed by atoms with Crippen molar-refractivity contribution in [3.05, 3.63) is 35.4 Å². The smallest absolute Gasteiger partial charge is 0.253 e. The van der Waals surface area contributed by atoms with Gasteiger partial charge in [0.2, 0.25) is 0 Å². The normalized spacial score (nSPS) is 10.0. The first-order valence-corrected chi connectivity index (χ1v) is 5.69. The van der Waals surface area contributed by atoms with Gasteiger partial charge in [-0.2, -0.15) is 0 Å². The monoisotopic (exact) mass is 252 g/mol. The standard InChI is InChI=1S/C12H16N2O2S/c1-14(5-6-15)12(16)10-4-2-3-9(7-10)8-11(13)17/h2-4,7,15H,5-6,8H2,1H3,(H2,13,17). The van der Waals surface area contributed by atoms with Gasteiger partial charge in [-0.3, -0.25) is 4.79 Å². The lowest BCUT2D eigenvalue weighted by molar-refractivity contribution is 0.0767. The zero-order valence-corrected chi connectivity index (χ0v) is 10.5. The third kappa shape index (κ3) is 4.13. The van der Waals surface area contributed by atoms with E-state index in [0.717, 1.165) is 5.56 Å². The molecule has 17 heavy (non-hydrogen) atoms. The maximum atomic E-state index is 11.9. The summed E-state index contributed by atoms with van der Waals surface area (Å²) in [5.74, 6) is -0.121. The number of hydrogen-bond acceptors (Lipinski definition) is 3. The molecular formula is C12H16N2O2S. The van der Waals surface area contributed by atoms with Gasteiger partial charge in [-0.15, -0.1) is 0 Å². The van der Waals surface area contributed by atoms with Gasteiger partial charge in [0, 0.05) is 25.6 Å². The largest absolute Gasteiger partial charge is 0.395 e. The molecule has 0 aliphatic rings. The Kier molecular flexibility index (Phi) is 5.06. The zero-order valence-electron chi connectivity index (χ0n) is 9.72. The molecule has 0 aliphatic heterocycles. The highest BCUT2D eigenvalue weighted by molar-refractivity contribution is 7.80. The Labute approximate surface area is 106 Å². The summed E-state index contributed by atoms with van der Waals surface area (Å²) in [6.45, 7) is 0.271. The van der Waals surface area contributed by atoms with Crippen molar-refractivity contribution in [1.29, 1.82) is 0 Å². The minimum atomic E-state index is -0.121. The quantitative estimate of drug-likeness (QED) is 0.752. The molecule has 1 aromatic rings. The number of carbonyl (C=O) groups excluding carboxylic acids is 1. The van der Waals surface area contributed by atoms with Crippen LogP contribution in [0.2, 0.25) is 0 Å². The Morgan fingerprint density at radius 1 is 1.53 bits per heavy atom. The van der Waals surface area contributed by atoms with Gasteiger partial charge < -0.3 is 15.7 Å². The van der Waals surface area contributed by atoms with Crippen LogP contribution in [0.1, 0.15) is 15.9 Å². The Hall–Kier alpha value is -1.46. The Morgan fingerprint density at radius 2 is 2.24 bits per heavy atom. The molecule has 0 saturated heterocycles. The first-order valence-electron chi connectivity index (χ1n) is 5.28. The predicted molar refractivity (Wildman–Crippen MR) is 71.0 cm³/mol. The third-order valence-corrected chi connectivity index (χ3v) is 2.48. The van der Waals surface area contributed by atoms with Crippen LogP contribution in [0, 0.1) is 0 Å². The highest BCUT2D eigenvalue weighted by Crippen LogP contribution is 2.08. The van der Waals surface area contributed by atoms with Crippen molar-refractivity contribution in [1.82, 2.24) is 4.90 Å². The van der Waals surface area contributed by atoms with Crippen LogP contribution in [0.3, 0.4) is 0 Å². The van der Waals surface area contributed by atoms with E-state index in [1.54, 1.807) is 25.2 Å². The van der Waals surface area contributed by atoms with Gasteiger partial charge in [-0.1, -0.05) is 24.4 Å². The van der Waals surface area contributed by atoms with Crippen LogP contribution in [0.25, 0.3) is 0 Å². The van der Waals surface area contributed by atoms with Crippen molar-refractivity contribution in [2.45, 2.75) is 6.42 Å². The maximum absolute atomic E-state index is 11.9.